The number of aryl methyl sites for hydroxylation is 1. The summed E-state index contributed by atoms with van der Waals surface area (Å²) in [4.78, 5) is 10.3. The Hall–Kier alpha value is -3.83. The molecule has 5 heteroatoms. The summed E-state index contributed by atoms with van der Waals surface area (Å²) in [5.74, 6) is 0.776. The van der Waals surface area contributed by atoms with Gasteiger partial charge in [0.05, 0.1) is 12.1 Å². The minimum Gasteiger partial charge on any atom is -0.392 e. The highest BCUT2D eigenvalue weighted by molar-refractivity contribution is 5.93. The SMILES string of the molecule is [C-]#[N+]c1c(N)nc(N2CCCCC2)c(C#N)c1-c1cccc(-c2ccc(C)cc2)c1. The molecule has 1 saturated heterocycles. The first-order chi connectivity index (χ1) is 14.6. The van der Waals surface area contributed by atoms with E-state index in [2.05, 4.69) is 52.0 Å². The molecular formula is C25H23N5. The lowest BCUT2D eigenvalue weighted by molar-refractivity contribution is 0.573. The van der Waals surface area contributed by atoms with Gasteiger partial charge < -0.3 is 10.6 Å². The van der Waals surface area contributed by atoms with Gasteiger partial charge in [0.2, 0.25) is 5.69 Å². The monoisotopic (exact) mass is 393 g/mol. The lowest BCUT2D eigenvalue weighted by atomic mass is 9.94. The summed E-state index contributed by atoms with van der Waals surface area (Å²) in [6.07, 6.45) is 3.31. The molecule has 1 aliphatic heterocycles. The maximum Gasteiger partial charge on any atom is 0.237 e. The van der Waals surface area contributed by atoms with Crippen molar-refractivity contribution in [2.24, 2.45) is 0 Å². The Morgan fingerprint density at radius 1 is 1.03 bits per heavy atom. The van der Waals surface area contributed by atoms with E-state index < -0.39 is 0 Å². The smallest absolute Gasteiger partial charge is 0.237 e. The highest BCUT2D eigenvalue weighted by atomic mass is 15.2. The summed E-state index contributed by atoms with van der Waals surface area (Å²) in [5, 5.41) is 10.1. The van der Waals surface area contributed by atoms with Gasteiger partial charge in [0.15, 0.2) is 0 Å². The second-order valence-electron chi connectivity index (χ2n) is 7.64. The second kappa shape index (κ2) is 8.27. The Morgan fingerprint density at radius 2 is 1.73 bits per heavy atom. The summed E-state index contributed by atoms with van der Waals surface area (Å²) in [5.41, 5.74) is 11.6. The van der Waals surface area contributed by atoms with Crippen LogP contribution in [0.4, 0.5) is 17.3 Å². The van der Waals surface area contributed by atoms with Crippen LogP contribution in [0.15, 0.2) is 48.5 Å². The van der Waals surface area contributed by atoms with Crippen LogP contribution in [-0.4, -0.2) is 18.1 Å². The minimum atomic E-state index is 0.181. The molecule has 0 bridgehead atoms. The second-order valence-corrected chi connectivity index (χ2v) is 7.64. The molecule has 5 nitrogen and oxygen atoms in total. The average Bonchev–Trinajstić information content (AvgIpc) is 2.79. The molecule has 0 saturated carbocycles. The minimum absolute atomic E-state index is 0.181. The first kappa shape index (κ1) is 19.5. The normalized spacial score (nSPS) is 13.5. The van der Waals surface area contributed by atoms with Gasteiger partial charge in [-0.05, 0) is 48.9 Å². The van der Waals surface area contributed by atoms with Gasteiger partial charge in [0, 0.05) is 18.7 Å². The first-order valence-corrected chi connectivity index (χ1v) is 10.2. The maximum absolute atomic E-state index is 10.1. The van der Waals surface area contributed by atoms with Crippen LogP contribution in [-0.2, 0) is 0 Å². The van der Waals surface area contributed by atoms with Gasteiger partial charge >= 0.3 is 0 Å². The number of nitrogens with two attached hydrogens (primary N) is 1. The van der Waals surface area contributed by atoms with Gasteiger partial charge in [-0.25, -0.2) is 9.83 Å². The van der Waals surface area contributed by atoms with Crippen molar-refractivity contribution >= 4 is 17.3 Å². The van der Waals surface area contributed by atoms with E-state index in [-0.39, 0.29) is 11.5 Å². The molecule has 0 spiro atoms. The number of anilines is 2. The Kier molecular flexibility index (Phi) is 5.37. The third kappa shape index (κ3) is 3.58. The molecular weight excluding hydrogens is 370 g/mol. The van der Waals surface area contributed by atoms with Crippen LogP contribution in [0.25, 0.3) is 27.1 Å². The maximum atomic E-state index is 10.1. The van der Waals surface area contributed by atoms with Crippen molar-refractivity contribution in [3.8, 4) is 28.3 Å². The van der Waals surface area contributed by atoms with Gasteiger partial charge in [0.25, 0.3) is 0 Å². The number of hydrogen-bond donors (Lipinski definition) is 1. The Bertz CT molecular complexity index is 1160. The lowest BCUT2D eigenvalue weighted by Crippen LogP contribution is -2.31. The van der Waals surface area contributed by atoms with E-state index in [9.17, 15) is 5.26 Å². The van der Waals surface area contributed by atoms with E-state index in [1.807, 2.05) is 24.3 Å². The van der Waals surface area contributed by atoms with Crippen molar-refractivity contribution in [2.45, 2.75) is 26.2 Å². The summed E-state index contributed by atoms with van der Waals surface area (Å²) >= 11 is 0. The fourth-order valence-electron chi connectivity index (χ4n) is 4.02. The molecule has 1 aliphatic rings. The molecule has 2 aromatic carbocycles. The number of rotatable bonds is 3. The number of nitriles is 1. The van der Waals surface area contributed by atoms with Gasteiger partial charge in [-0.1, -0.05) is 48.0 Å². The summed E-state index contributed by atoms with van der Waals surface area (Å²) < 4.78 is 0. The number of aromatic nitrogens is 1. The summed E-state index contributed by atoms with van der Waals surface area (Å²) in [6.45, 7) is 11.4. The van der Waals surface area contributed by atoms with Gasteiger partial charge in [0.1, 0.15) is 17.7 Å². The number of hydrogen-bond acceptors (Lipinski definition) is 4. The van der Waals surface area contributed by atoms with Crippen molar-refractivity contribution in [1.29, 1.82) is 5.26 Å². The number of piperidine rings is 1. The average molecular weight is 393 g/mol. The van der Waals surface area contributed by atoms with Crippen LogP contribution in [0.5, 0.6) is 0 Å². The van der Waals surface area contributed by atoms with E-state index in [0.29, 0.717) is 16.9 Å². The van der Waals surface area contributed by atoms with Crippen LogP contribution in [0.1, 0.15) is 30.4 Å². The third-order valence-electron chi connectivity index (χ3n) is 5.59. The third-order valence-corrected chi connectivity index (χ3v) is 5.59. The molecule has 1 fully saturated rings. The summed E-state index contributed by atoms with van der Waals surface area (Å²) in [6, 6.07) is 18.6. The van der Waals surface area contributed by atoms with Crippen molar-refractivity contribution < 1.29 is 0 Å². The van der Waals surface area contributed by atoms with E-state index in [1.165, 1.54) is 12.0 Å². The predicted molar refractivity (Wildman–Crippen MR) is 121 cm³/mol. The molecule has 148 valence electrons. The van der Waals surface area contributed by atoms with Gasteiger partial charge in [-0.3, -0.25) is 0 Å². The Balaban J connectivity index is 1.91. The van der Waals surface area contributed by atoms with Gasteiger partial charge in [-0.15, -0.1) is 0 Å². The molecule has 0 amide bonds. The molecule has 2 heterocycles. The van der Waals surface area contributed by atoms with E-state index >= 15 is 0 Å². The quantitative estimate of drug-likeness (QED) is 0.578. The molecule has 0 unspecified atom stereocenters. The molecule has 3 aromatic rings. The fraction of sp³-hybridized carbons (Fsp3) is 0.240. The van der Waals surface area contributed by atoms with Gasteiger partial charge in [-0.2, -0.15) is 5.26 Å². The molecule has 0 aliphatic carbocycles. The van der Waals surface area contributed by atoms with E-state index in [0.717, 1.165) is 42.6 Å². The first-order valence-electron chi connectivity index (χ1n) is 10.2. The Labute approximate surface area is 177 Å². The highest BCUT2D eigenvalue weighted by Crippen LogP contribution is 2.42. The lowest BCUT2D eigenvalue weighted by Gasteiger charge is -2.29. The zero-order valence-electron chi connectivity index (χ0n) is 17.0. The number of nitrogen functional groups attached to an aromatic ring is 1. The van der Waals surface area contributed by atoms with Crippen LogP contribution < -0.4 is 10.6 Å². The number of pyridine rings is 1. The molecule has 2 N–H and O–H groups in total. The molecule has 30 heavy (non-hydrogen) atoms. The van der Waals surface area contributed by atoms with E-state index in [1.54, 1.807) is 0 Å². The van der Waals surface area contributed by atoms with Crippen molar-refractivity contribution in [3.05, 3.63) is 71.1 Å². The molecule has 1 aromatic heterocycles. The summed E-state index contributed by atoms with van der Waals surface area (Å²) in [7, 11) is 0. The van der Waals surface area contributed by atoms with E-state index in [4.69, 9.17) is 12.3 Å². The van der Waals surface area contributed by atoms with Crippen molar-refractivity contribution in [2.75, 3.05) is 23.7 Å². The number of nitrogens with zero attached hydrogens (tertiary/aromatic N) is 4. The molecule has 4 rings (SSSR count). The van der Waals surface area contributed by atoms with Crippen LogP contribution in [0.3, 0.4) is 0 Å². The van der Waals surface area contributed by atoms with Crippen molar-refractivity contribution in [3.63, 3.8) is 0 Å². The van der Waals surface area contributed by atoms with Crippen molar-refractivity contribution in [1.82, 2.24) is 4.98 Å². The fourth-order valence-corrected chi connectivity index (χ4v) is 4.02. The van der Waals surface area contributed by atoms with Crippen LogP contribution in [0.2, 0.25) is 0 Å². The standard InChI is InChI=1S/C25H23N5/c1-17-9-11-18(12-10-17)19-7-6-8-20(15-19)22-21(16-26)25(29-24(27)23(22)28-2)30-13-4-3-5-14-30/h6-12,15H,3-5,13-14H2,1H3,(H2,27,29). The Morgan fingerprint density at radius 3 is 2.40 bits per heavy atom. The predicted octanol–water partition coefficient (Wildman–Crippen LogP) is 5.72. The zero-order chi connectivity index (χ0) is 21.1. The van der Waals surface area contributed by atoms with Crippen LogP contribution >= 0.6 is 0 Å². The number of benzene rings is 2. The zero-order valence-corrected chi connectivity index (χ0v) is 17.0. The highest BCUT2D eigenvalue weighted by Gasteiger charge is 2.24. The molecule has 0 radical (unpaired) electrons. The van der Waals surface area contributed by atoms with Crippen LogP contribution in [0, 0.1) is 24.8 Å². The topological polar surface area (TPSA) is 70.3 Å². The molecule has 0 atom stereocenters. The largest absolute Gasteiger partial charge is 0.392 e.